The minimum absolute atomic E-state index is 0.0680. The normalized spacial score (nSPS) is 14.2. The molecule has 0 aliphatic carbocycles. The van der Waals surface area contributed by atoms with Gasteiger partial charge in [-0.1, -0.05) is 65.8 Å². The fourth-order valence-electron chi connectivity index (χ4n) is 2.45. The number of hydrogen-bond donors (Lipinski definition) is 0. The third-order valence-corrected chi connectivity index (χ3v) is 5.83. The van der Waals surface area contributed by atoms with Crippen molar-refractivity contribution in [3.05, 3.63) is 57.3 Å². The predicted molar refractivity (Wildman–Crippen MR) is 95.9 cm³/mol. The second-order valence-corrected chi connectivity index (χ2v) is 9.20. The quantitative estimate of drug-likeness (QED) is 0.542. The molecule has 0 aliphatic rings. The van der Waals surface area contributed by atoms with Crippen LogP contribution in [0.3, 0.4) is 0 Å². The lowest BCUT2D eigenvalue weighted by Gasteiger charge is -2.24. The molecular formula is C19H25ClS. The Bertz CT molecular complexity index is 611. The second-order valence-electron chi connectivity index (χ2n) is 7.65. The van der Waals surface area contributed by atoms with Gasteiger partial charge < -0.3 is 0 Å². The Morgan fingerprint density at radius 2 is 1.48 bits per heavy atom. The average Bonchev–Trinajstić information content (AvgIpc) is 2.86. The molecule has 0 aliphatic heterocycles. The summed E-state index contributed by atoms with van der Waals surface area (Å²) in [6.45, 7) is 13.5. The van der Waals surface area contributed by atoms with E-state index in [0.29, 0.717) is 0 Å². The van der Waals surface area contributed by atoms with Crippen LogP contribution in [0.25, 0.3) is 0 Å². The van der Waals surface area contributed by atoms with Gasteiger partial charge in [0.1, 0.15) is 0 Å². The molecule has 0 bridgehead atoms. The summed E-state index contributed by atoms with van der Waals surface area (Å²) >= 11 is 8.65. The molecule has 0 nitrogen and oxygen atoms in total. The molecule has 21 heavy (non-hydrogen) atoms. The topological polar surface area (TPSA) is 0 Å². The highest BCUT2D eigenvalue weighted by Gasteiger charge is 2.24. The van der Waals surface area contributed by atoms with Crippen molar-refractivity contribution < 1.29 is 0 Å². The van der Waals surface area contributed by atoms with Crippen LogP contribution in [0.5, 0.6) is 0 Å². The highest BCUT2D eigenvalue weighted by Crippen LogP contribution is 2.41. The maximum atomic E-state index is 6.82. The van der Waals surface area contributed by atoms with E-state index >= 15 is 0 Å². The number of hydrogen-bond acceptors (Lipinski definition) is 1. The van der Waals surface area contributed by atoms with Gasteiger partial charge in [0.2, 0.25) is 0 Å². The molecule has 0 radical (unpaired) electrons. The van der Waals surface area contributed by atoms with Crippen LogP contribution in [0.15, 0.2) is 36.4 Å². The first-order chi connectivity index (χ1) is 9.60. The Labute approximate surface area is 138 Å². The molecule has 1 unspecified atom stereocenters. The first kappa shape index (κ1) is 16.6. The van der Waals surface area contributed by atoms with E-state index in [1.807, 2.05) is 11.3 Å². The van der Waals surface area contributed by atoms with Crippen LogP contribution in [-0.4, -0.2) is 0 Å². The summed E-state index contributed by atoms with van der Waals surface area (Å²) < 4.78 is 0. The zero-order valence-electron chi connectivity index (χ0n) is 13.8. The summed E-state index contributed by atoms with van der Waals surface area (Å²) in [5, 5.41) is -0.0680. The number of halogens is 1. The van der Waals surface area contributed by atoms with Gasteiger partial charge in [-0.05, 0) is 34.1 Å². The minimum atomic E-state index is -0.0680. The summed E-state index contributed by atoms with van der Waals surface area (Å²) in [7, 11) is 0. The lowest BCUT2D eigenvalue weighted by molar-refractivity contribution is 0.583. The Kier molecular flexibility index (Phi) is 4.56. The van der Waals surface area contributed by atoms with Gasteiger partial charge in [-0.2, -0.15) is 0 Å². The lowest BCUT2D eigenvalue weighted by atomic mass is 9.83. The molecule has 2 rings (SSSR count). The maximum absolute atomic E-state index is 6.82. The highest BCUT2D eigenvalue weighted by atomic mass is 35.5. The van der Waals surface area contributed by atoms with E-state index in [9.17, 15) is 0 Å². The largest absolute Gasteiger partial charge is 0.143 e. The molecular weight excluding hydrogens is 296 g/mol. The van der Waals surface area contributed by atoms with Gasteiger partial charge in [0.05, 0.1) is 5.38 Å². The van der Waals surface area contributed by atoms with Crippen LogP contribution in [0.1, 0.15) is 67.8 Å². The average molecular weight is 321 g/mol. The van der Waals surface area contributed by atoms with Crippen LogP contribution < -0.4 is 0 Å². The number of thiophene rings is 1. The standard InChI is InChI=1S/C19H25ClS/c1-18(2,3)14-10-8-7-9-13(14)17(20)15-11-12-16(21-15)19(4,5)6/h7-12,17H,1-6H3. The van der Waals surface area contributed by atoms with E-state index in [0.717, 1.165) is 0 Å². The van der Waals surface area contributed by atoms with Gasteiger partial charge in [0.25, 0.3) is 0 Å². The van der Waals surface area contributed by atoms with Crippen molar-refractivity contribution in [3.8, 4) is 0 Å². The van der Waals surface area contributed by atoms with Crippen molar-refractivity contribution in [2.24, 2.45) is 0 Å². The summed E-state index contributed by atoms with van der Waals surface area (Å²) in [6, 6.07) is 12.9. The second kappa shape index (κ2) is 5.78. The van der Waals surface area contributed by atoms with Crippen molar-refractivity contribution in [2.75, 3.05) is 0 Å². The van der Waals surface area contributed by atoms with Crippen molar-refractivity contribution in [2.45, 2.75) is 57.7 Å². The molecule has 1 heterocycles. The SMILES string of the molecule is CC(C)(C)c1ccc(C(Cl)c2ccccc2C(C)(C)C)s1. The van der Waals surface area contributed by atoms with E-state index in [2.05, 4.69) is 77.9 Å². The number of alkyl halides is 1. The maximum Gasteiger partial charge on any atom is 0.0930 e. The molecule has 1 atom stereocenters. The van der Waals surface area contributed by atoms with E-state index < -0.39 is 0 Å². The van der Waals surface area contributed by atoms with Gasteiger partial charge >= 0.3 is 0 Å². The number of benzene rings is 1. The number of rotatable bonds is 2. The third-order valence-electron chi connectivity index (χ3n) is 3.66. The monoisotopic (exact) mass is 320 g/mol. The molecule has 1 aromatic heterocycles. The Balaban J connectivity index is 2.42. The zero-order valence-corrected chi connectivity index (χ0v) is 15.4. The van der Waals surface area contributed by atoms with Crippen LogP contribution in [-0.2, 0) is 10.8 Å². The Hall–Kier alpha value is -0.790. The summed E-state index contributed by atoms with van der Waals surface area (Å²) in [4.78, 5) is 2.62. The van der Waals surface area contributed by atoms with Gasteiger partial charge in [-0.25, -0.2) is 0 Å². The smallest absolute Gasteiger partial charge is 0.0930 e. The van der Waals surface area contributed by atoms with Crippen LogP contribution in [0.4, 0.5) is 0 Å². The molecule has 0 fully saturated rings. The molecule has 0 saturated carbocycles. The van der Waals surface area contributed by atoms with E-state index in [1.165, 1.54) is 20.9 Å². The molecule has 0 amide bonds. The molecule has 2 heteroatoms. The van der Waals surface area contributed by atoms with Crippen LogP contribution in [0, 0.1) is 0 Å². The third kappa shape index (κ3) is 3.70. The predicted octanol–water partition coefficient (Wildman–Crippen LogP) is 6.67. The summed E-state index contributed by atoms with van der Waals surface area (Å²) in [5.74, 6) is 0. The van der Waals surface area contributed by atoms with Gasteiger partial charge in [0.15, 0.2) is 0 Å². The highest BCUT2D eigenvalue weighted by molar-refractivity contribution is 7.12. The molecule has 1 aromatic carbocycles. The molecule has 0 spiro atoms. The van der Waals surface area contributed by atoms with Crippen LogP contribution in [0.2, 0.25) is 0 Å². The van der Waals surface area contributed by atoms with E-state index in [-0.39, 0.29) is 16.2 Å². The van der Waals surface area contributed by atoms with Gasteiger partial charge in [0, 0.05) is 9.75 Å². The van der Waals surface area contributed by atoms with Crippen molar-refractivity contribution in [1.29, 1.82) is 0 Å². The molecule has 0 saturated heterocycles. The van der Waals surface area contributed by atoms with E-state index in [1.54, 1.807) is 0 Å². The van der Waals surface area contributed by atoms with E-state index in [4.69, 9.17) is 11.6 Å². The summed E-state index contributed by atoms with van der Waals surface area (Å²) in [5.41, 5.74) is 2.85. The minimum Gasteiger partial charge on any atom is -0.143 e. The Morgan fingerprint density at radius 1 is 0.857 bits per heavy atom. The van der Waals surface area contributed by atoms with Gasteiger partial charge in [-0.3, -0.25) is 0 Å². The fraction of sp³-hybridized carbons (Fsp3) is 0.474. The Morgan fingerprint density at radius 3 is 2.00 bits per heavy atom. The summed E-state index contributed by atoms with van der Waals surface area (Å²) in [6.07, 6.45) is 0. The zero-order chi connectivity index (χ0) is 15.8. The van der Waals surface area contributed by atoms with Crippen molar-refractivity contribution >= 4 is 22.9 Å². The molecule has 114 valence electrons. The lowest BCUT2D eigenvalue weighted by Crippen LogP contribution is -2.14. The van der Waals surface area contributed by atoms with Crippen molar-refractivity contribution in [3.63, 3.8) is 0 Å². The first-order valence-electron chi connectivity index (χ1n) is 7.44. The van der Waals surface area contributed by atoms with Crippen molar-refractivity contribution in [1.82, 2.24) is 0 Å². The molecule has 2 aromatic rings. The first-order valence-corrected chi connectivity index (χ1v) is 8.69. The molecule has 0 N–H and O–H groups in total. The van der Waals surface area contributed by atoms with Crippen LogP contribution >= 0.6 is 22.9 Å². The fourth-order valence-corrected chi connectivity index (χ4v) is 3.91. The van der Waals surface area contributed by atoms with Gasteiger partial charge in [-0.15, -0.1) is 22.9 Å².